The number of hydrogen-bond donors (Lipinski definition) is 1. The maximum Gasteiger partial charge on any atom is -0.00979 e. The first-order valence-electron chi connectivity index (χ1n) is 32.0. The molecule has 0 aliphatic carbocycles. The van der Waals surface area contributed by atoms with Gasteiger partial charge in [0.1, 0.15) is 0 Å². The van der Waals surface area contributed by atoms with Gasteiger partial charge in [-0.3, -0.25) is 0 Å². The van der Waals surface area contributed by atoms with Gasteiger partial charge < -0.3 is 0 Å². The highest BCUT2D eigenvalue weighted by molar-refractivity contribution is 7.80. The Hall–Kier alpha value is 0.350. The Kier molecular flexibility index (Phi) is 64.7. The van der Waals surface area contributed by atoms with Gasteiger partial charge in [-0.05, 0) is 12.2 Å². The number of thiol groups is 1. The fourth-order valence-electron chi connectivity index (χ4n) is 10.8. The summed E-state index contributed by atoms with van der Waals surface area (Å²) in [5.41, 5.74) is 0. The molecule has 0 spiro atoms. The van der Waals surface area contributed by atoms with E-state index in [-0.39, 0.29) is 0 Å². The lowest BCUT2D eigenvalue weighted by atomic mass is 10.0. The SMILES string of the molecule is CCCCCCCCCCCCCCCCCCCCCCCCCCCCCCCCCCCCCCCCCCCCCCCCCCCCCCCCCCCCCCCCS. The molecule has 0 atom stereocenters. The van der Waals surface area contributed by atoms with Gasteiger partial charge in [-0.25, -0.2) is 0 Å². The number of rotatable bonds is 62. The minimum absolute atomic E-state index is 1.07. The molecule has 0 nitrogen and oxygen atoms in total. The van der Waals surface area contributed by atoms with Gasteiger partial charge in [0.2, 0.25) is 0 Å². The van der Waals surface area contributed by atoms with Crippen LogP contribution in [0.5, 0.6) is 0 Å². The average molecular weight is 932 g/mol. The van der Waals surface area contributed by atoms with Crippen LogP contribution in [0.4, 0.5) is 0 Å². The lowest BCUT2D eigenvalue weighted by Gasteiger charge is -2.05. The van der Waals surface area contributed by atoms with Crippen LogP contribution in [0.25, 0.3) is 0 Å². The summed E-state index contributed by atoms with van der Waals surface area (Å²) in [4.78, 5) is 0. The smallest absolute Gasteiger partial charge is 0.00979 e. The second kappa shape index (κ2) is 64.3. The van der Waals surface area contributed by atoms with E-state index in [0.29, 0.717) is 0 Å². The third kappa shape index (κ3) is 64.3. The van der Waals surface area contributed by atoms with Crippen molar-refractivity contribution in [3.63, 3.8) is 0 Å². The quantitative estimate of drug-likeness (QED) is 0.0456. The largest absolute Gasteiger partial charge is 0.179 e. The highest BCUT2D eigenvalue weighted by atomic mass is 32.1. The highest BCUT2D eigenvalue weighted by Crippen LogP contribution is 2.20. The second-order valence-corrected chi connectivity index (χ2v) is 22.7. The first-order valence-corrected chi connectivity index (χ1v) is 32.7. The van der Waals surface area contributed by atoms with E-state index in [4.69, 9.17) is 0 Å². The molecule has 0 unspecified atom stereocenters. The average Bonchev–Trinajstić information content (AvgIpc) is 3.32. The van der Waals surface area contributed by atoms with Crippen LogP contribution < -0.4 is 0 Å². The zero-order chi connectivity index (χ0) is 46.5. The van der Waals surface area contributed by atoms with E-state index in [1.807, 2.05) is 0 Å². The Balaban J connectivity index is 3.06. The Morgan fingerprint density at radius 2 is 0.200 bits per heavy atom. The fraction of sp³-hybridized carbons (Fsp3) is 1.00. The van der Waals surface area contributed by atoms with Crippen LogP contribution >= 0.6 is 12.6 Å². The van der Waals surface area contributed by atoms with Crippen molar-refractivity contribution in [3.05, 3.63) is 0 Å². The molecule has 0 heterocycles. The van der Waals surface area contributed by atoms with Gasteiger partial charge in [0.05, 0.1) is 0 Å². The van der Waals surface area contributed by atoms with Crippen LogP contribution in [-0.2, 0) is 0 Å². The molecule has 0 amide bonds. The van der Waals surface area contributed by atoms with Crippen molar-refractivity contribution < 1.29 is 0 Å². The summed E-state index contributed by atoms with van der Waals surface area (Å²) < 4.78 is 0. The van der Waals surface area contributed by atoms with E-state index in [1.165, 1.54) is 398 Å². The van der Waals surface area contributed by atoms with Crippen LogP contribution in [0.1, 0.15) is 405 Å². The summed E-state index contributed by atoms with van der Waals surface area (Å²) in [7, 11) is 0. The van der Waals surface area contributed by atoms with Crippen molar-refractivity contribution in [2.24, 2.45) is 0 Å². The van der Waals surface area contributed by atoms with Crippen LogP contribution in [0, 0.1) is 0 Å². The molecule has 0 rings (SSSR count). The minimum atomic E-state index is 1.07. The Bertz CT molecular complexity index is 699. The van der Waals surface area contributed by atoms with Crippen LogP contribution in [0.2, 0.25) is 0 Å². The first kappa shape index (κ1) is 65.3. The third-order valence-electron chi connectivity index (χ3n) is 15.5. The van der Waals surface area contributed by atoms with Crippen molar-refractivity contribution >= 4 is 12.6 Å². The molecule has 0 aliphatic heterocycles. The van der Waals surface area contributed by atoms with Gasteiger partial charge in [-0.15, -0.1) is 0 Å². The summed E-state index contributed by atoms with van der Waals surface area (Å²) in [5, 5.41) is 0. The normalized spacial score (nSPS) is 11.7. The Labute approximate surface area is 421 Å². The van der Waals surface area contributed by atoms with Gasteiger partial charge in [0.15, 0.2) is 0 Å². The fourth-order valence-corrected chi connectivity index (χ4v) is 11.0. The van der Waals surface area contributed by atoms with E-state index in [2.05, 4.69) is 19.6 Å². The van der Waals surface area contributed by atoms with E-state index in [1.54, 1.807) is 0 Å². The summed E-state index contributed by atoms with van der Waals surface area (Å²) in [6, 6.07) is 0. The Morgan fingerprint density at radius 3 is 0.277 bits per heavy atom. The molecule has 392 valence electrons. The molecule has 0 N–H and O–H groups in total. The third-order valence-corrected chi connectivity index (χ3v) is 15.8. The standard InChI is InChI=1S/C64H130S/c1-2-3-4-5-6-7-8-9-10-11-12-13-14-15-16-17-18-19-20-21-22-23-24-25-26-27-28-29-30-31-32-33-34-35-36-37-38-39-40-41-42-43-44-45-46-47-48-49-50-51-52-53-54-55-56-57-58-59-60-61-62-63-64-65/h65H,2-64H2,1H3. The van der Waals surface area contributed by atoms with Crippen LogP contribution in [-0.4, -0.2) is 5.75 Å². The van der Waals surface area contributed by atoms with E-state index in [0.717, 1.165) is 5.75 Å². The minimum Gasteiger partial charge on any atom is -0.179 e. The molecule has 0 aromatic carbocycles. The molecule has 0 aromatic rings. The summed E-state index contributed by atoms with van der Waals surface area (Å²) in [6.45, 7) is 2.31. The van der Waals surface area contributed by atoms with Gasteiger partial charge in [-0.1, -0.05) is 399 Å². The van der Waals surface area contributed by atoms with E-state index in [9.17, 15) is 0 Å². The maximum atomic E-state index is 4.31. The van der Waals surface area contributed by atoms with Crippen LogP contribution in [0.15, 0.2) is 0 Å². The zero-order valence-electron chi connectivity index (χ0n) is 46.0. The molecule has 0 radical (unpaired) electrons. The molecular weight excluding hydrogens is 801 g/mol. The van der Waals surface area contributed by atoms with Crippen molar-refractivity contribution in [2.75, 3.05) is 5.75 Å². The molecule has 0 aliphatic rings. The topological polar surface area (TPSA) is 0 Å². The summed E-state index contributed by atoms with van der Waals surface area (Å²) >= 11 is 4.31. The van der Waals surface area contributed by atoms with Crippen LogP contribution in [0.3, 0.4) is 0 Å². The molecule has 65 heavy (non-hydrogen) atoms. The lowest BCUT2D eigenvalue weighted by Crippen LogP contribution is -1.85. The van der Waals surface area contributed by atoms with Crippen molar-refractivity contribution in [1.82, 2.24) is 0 Å². The van der Waals surface area contributed by atoms with Gasteiger partial charge in [-0.2, -0.15) is 12.6 Å². The van der Waals surface area contributed by atoms with Gasteiger partial charge in [0, 0.05) is 0 Å². The van der Waals surface area contributed by atoms with Gasteiger partial charge >= 0.3 is 0 Å². The first-order chi connectivity index (χ1) is 32.4. The van der Waals surface area contributed by atoms with E-state index >= 15 is 0 Å². The second-order valence-electron chi connectivity index (χ2n) is 22.3. The Morgan fingerprint density at radius 1 is 0.123 bits per heavy atom. The zero-order valence-corrected chi connectivity index (χ0v) is 46.9. The molecule has 0 fully saturated rings. The number of unbranched alkanes of at least 4 members (excludes halogenated alkanes) is 61. The molecule has 0 saturated carbocycles. The summed E-state index contributed by atoms with van der Waals surface area (Å²) in [5.74, 6) is 1.07. The molecular formula is C64H130S. The summed E-state index contributed by atoms with van der Waals surface area (Å²) in [6.07, 6.45) is 92.0. The predicted octanol–water partition coefficient (Wildman–Crippen LogP) is 25.1. The van der Waals surface area contributed by atoms with Crippen molar-refractivity contribution in [2.45, 2.75) is 405 Å². The van der Waals surface area contributed by atoms with Crippen molar-refractivity contribution in [3.8, 4) is 0 Å². The number of hydrogen-bond acceptors (Lipinski definition) is 1. The predicted molar refractivity (Wildman–Crippen MR) is 306 cm³/mol. The molecule has 0 aromatic heterocycles. The molecule has 0 saturated heterocycles. The molecule has 0 bridgehead atoms. The highest BCUT2D eigenvalue weighted by Gasteiger charge is 2.00. The lowest BCUT2D eigenvalue weighted by molar-refractivity contribution is 0.506. The monoisotopic (exact) mass is 931 g/mol. The van der Waals surface area contributed by atoms with Gasteiger partial charge in [0.25, 0.3) is 0 Å². The maximum absolute atomic E-state index is 4.31. The van der Waals surface area contributed by atoms with Crippen molar-refractivity contribution in [1.29, 1.82) is 0 Å². The van der Waals surface area contributed by atoms with E-state index < -0.39 is 0 Å². The molecule has 1 heteroatoms.